The van der Waals surface area contributed by atoms with Crippen molar-refractivity contribution in [2.75, 3.05) is 5.32 Å². The average molecular weight is 376 g/mol. The number of hydrogen-bond acceptors (Lipinski definition) is 3. The fourth-order valence-corrected chi connectivity index (χ4v) is 4.22. The van der Waals surface area contributed by atoms with Crippen LogP contribution in [0.4, 0.5) is 18.9 Å². The highest BCUT2D eigenvalue weighted by Gasteiger charge is 2.67. The van der Waals surface area contributed by atoms with Crippen molar-refractivity contribution in [1.29, 1.82) is 0 Å². The SMILES string of the molecule is CC1(NS(=O)(=O)c2ccc(NC(=O)C3(C)CC3C(F)(F)F)cc2)CC1. The van der Waals surface area contributed by atoms with E-state index in [1.54, 1.807) is 0 Å². The van der Waals surface area contributed by atoms with E-state index in [1.807, 2.05) is 6.92 Å². The first-order valence-corrected chi connectivity index (χ1v) is 9.36. The number of carbonyl (C=O) groups is 1. The number of halogens is 3. The zero-order valence-electron chi connectivity index (χ0n) is 13.8. The molecule has 0 heterocycles. The molecule has 0 aromatic heterocycles. The number of benzene rings is 1. The van der Waals surface area contributed by atoms with E-state index in [9.17, 15) is 26.4 Å². The Bertz CT molecular complexity index is 801. The van der Waals surface area contributed by atoms with Crippen LogP contribution in [0.5, 0.6) is 0 Å². The van der Waals surface area contributed by atoms with Gasteiger partial charge in [0.2, 0.25) is 15.9 Å². The van der Waals surface area contributed by atoms with Gasteiger partial charge in [-0.3, -0.25) is 4.79 Å². The second-order valence-corrected chi connectivity index (χ2v) is 9.04. The lowest BCUT2D eigenvalue weighted by Crippen LogP contribution is -2.34. The molecular weight excluding hydrogens is 357 g/mol. The molecule has 2 atom stereocenters. The second kappa shape index (κ2) is 5.44. The van der Waals surface area contributed by atoms with Gasteiger partial charge in [-0.05, 0) is 50.5 Å². The van der Waals surface area contributed by atoms with Crippen molar-refractivity contribution in [3.63, 3.8) is 0 Å². The summed E-state index contributed by atoms with van der Waals surface area (Å²) in [7, 11) is -3.66. The van der Waals surface area contributed by atoms with Gasteiger partial charge in [0.05, 0.1) is 16.2 Å². The van der Waals surface area contributed by atoms with Crippen molar-refractivity contribution in [3.05, 3.63) is 24.3 Å². The van der Waals surface area contributed by atoms with Gasteiger partial charge in [-0.1, -0.05) is 6.92 Å². The quantitative estimate of drug-likeness (QED) is 0.829. The minimum atomic E-state index is -4.39. The van der Waals surface area contributed by atoms with Crippen molar-refractivity contribution in [1.82, 2.24) is 4.72 Å². The van der Waals surface area contributed by atoms with E-state index < -0.39 is 39.0 Å². The molecule has 138 valence electrons. The van der Waals surface area contributed by atoms with E-state index in [4.69, 9.17) is 0 Å². The number of carbonyl (C=O) groups excluding carboxylic acids is 1. The summed E-state index contributed by atoms with van der Waals surface area (Å²) in [6.07, 6.45) is -3.08. The van der Waals surface area contributed by atoms with Gasteiger partial charge in [0.1, 0.15) is 0 Å². The molecule has 5 nitrogen and oxygen atoms in total. The molecule has 2 aliphatic rings. The Morgan fingerprint density at radius 2 is 1.72 bits per heavy atom. The summed E-state index contributed by atoms with van der Waals surface area (Å²) >= 11 is 0. The third-order valence-corrected chi connectivity index (χ3v) is 6.61. The maximum atomic E-state index is 12.7. The summed E-state index contributed by atoms with van der Waals surface area (Å²) in [5.41, 5.74) is -1.61. The number of rotatable bonds is 5. The molecule has 2 N–H and O–H groups in total. The lowest BCUT2D eigenvalue weighted by atomic mass is 10.1. The van der Waals surface area contributed by atoms with Gasteiger partial charge in [-0.15, -0.1) is 0 Å². The third kappa shape index (κ3) is 3.67. The predicted molar refractivity (Wildman–Crippen MR) is 85.3 cm³/mol. The third-order valence-electron chi connectivity index (χ3n) is 4.95. The van der Waals surface area contributed by atoms with Crippen LogP contribution in [0.25, 0.3) is 0 Å². The minimum Gasteiger partial charge on any atom is -0.326 e. The smallest absolute Gasteiger partial charge is 0.326 e. The summed E-state index contributed by atoms with van der Waals surface area (Å²) in [4.78, 5) is 12.1. The molecule has 1 aromatic rings. The Morgan fingerprint density at radius 3 is 2.16 bits per heavy atom. The summed E-state index contributed by atoms with van der Waals surface area (Å²) < 4.78 is 65.2. The first-order valence-electron chi connectivity index (χ1n) is 7.88. The van der Waals surface area contributed by atoms with Crippen molar-refractivity contribution in [2.45, 2.75) is 49.7 Å². The van der Waals surface area contributed by atoms with Gasteiger partial charge >= 0.3 is 6.18 Å². The van der Waals surface area contributed by atoms with Gasteiger partial charge in [-0.25, -0.2) is 13.1 Å². The summed E-state index contributed by atoms with van der Waals surface area (Å²) in [6.45, 7) is 3.09. The standard InChI is InChI=1S/C16H19F3N2O3S/c1-14(7-8-14)21-25(23,24)11-5-3-10(4-6-11)20-13(22)15(2)9-12(15)16(17,18)19/h3-6,12,21H,7-9H2,1-2H3,(H,20,22). The minimum absolute atomic E-state index is 0.0458. The van der Waals surface area contributed by atoms with Crippen LogP contribution in [0.15, 0.2) is 29.2 Å². The van der Waals surface area contributed by atoms with Gasteiger partial charge in [0.25, 0.3) is 0 Å². The zero-order valence-corrected chi connectivity index (χ0v) is 14.6. The average Bonchev–Trinajstić information content (AvgIpc) is 3.37. The molecule has 9 heteroatoms. The Hall–Kier alpha value is -1.61. The fraction of sp³-hybridized carbons (Fsp3) is 0.562. The van der Waals surface area contributed by atoms with Gasteiger partial charge in [0, 0.05) is 11.2 Å². The van der Waals surface area contributed by atoms with E-state index in [0.717, 1.165) is 12.8 Å². The van der Waals surface area contributed by atoms with Crippen LogP contribution in [0.2, 0.25) is 0 Å². The Labute approximate surface area is 144 Å². The molecule has 2 aliphatic carbocycles. The van der Waals surface area contributed by atoms with Crippen LogP contribution in [-0.4, -0.2) is 26.0 Å². The fourth-order valence-electron chi connectivity index (χ4n) is 2.76. The Balaban J connectivity index is 1.66. The zero-order chi connectivity index (χ0) is 18.7. The van der Waals surface area contributed by atoms with Crippen LogP contribution in [0.1, 0.15) is 33.1 Å². The molecule has 0 saturated heterocycles. The Kier molecular flexibility index (Phi) is 3.96. The first-order chi connectivity index (χ1) is 11.4. The topological polar surface area (TPSA) is 75.3 Å². The Morgan fingerprint density at radius 1 is 1.16 bits per heavy atom. The van der Waals surface area contributed by atoms with Crippen molar-refractivity contribution in [2.24, 2.45) is 11.3 Å². The van der Waals surface area contributed by atoms with Crippen molar-refractivity contribution >= 4 is 21.6 Å². The molecule has 2 saturated carbocycles. The number of alkyl halides is 3. The molecule has 1 amide bonds. The number of anilines is 1. The van der Waals surface area contributed by atoms with Crippen LogP contribution in [0.3, 0.4) is 0 Å². The molecule has 0 spiro atoms. The van der Waals surface area contributed by atoms with Crippen LogP contribution >= 0.6 is 0 Å². The van der Waals surface area contributed by atoms with Crippen LogP contribution in [0, 0.1) is 11.3 Å². The second-order valence-electron chi connectivity index (χ2n) is 7.36. The van der Waals surface area contributed by atoms with Gasteiger partial charge in [0.15, 0.2) is 0 Å². The number of sulfonamides is 1. The van der Waals surface area contributed by atoms with E-state index in [2.05, 4.69) is 10.0 Å². The van der Waals surface area contributed by atoms with Crippen molar-refractivity contribution < 1.29 is 26.4 Å². The van der Waals surface area contributed by atoms with E-state index >= 15 is 0 Å². The first kappa shape index (κ1) is 18.2. The maximum absolute atomic E-state index is 12.7. The van der Waals surface area contributed by atoms with E-state index in [0.29, 0.717) is 0 Å². The molecule has 0 bridgehead atoms. The summed E-state index contributed by atoms with van der Waals surface area (Å²) in [5, 5.41) is 2.43. The van der Waals surface area contributed by atoms with Gasteiger partial charge < -0.3 is 5.32 Å². The molecule has 1 aromatic carbocycles. The molecule has 0 radical (unpaired) electrons. The molecule has 2 unspecified atom stereocenters. The van der Waals surface area contributed by atoms with E-state index in [1.165, 1.54) is 31.2 Å². The van der Waals surface area contributed by atoms with Crippen LogP contribution in [-0.2, 0) is 14.8 Å². The number of nitrogens with one attached hydrogen (secondary N) is 2. The summed E-state index contributed by atoms with van der Waals surface area (Å²) in [5.74, 6) is -2.35. The lowest BCUT2D eigenvalue weighted by Gasteiger charge is -2.15. The number of hydrogen-bond donors (Lipinski definition) is 2. The highest BCUT2D eigenvalue weighted by molar-refractivity contribution is 7.89. The predicted octanol–water partition coefficient (Wildman–Crippen LogP) is 3.04. The van der Waals surface area contributed by atoms with Crippen LogP contribution < -0.4 is 10.0 Å². The van der Waals surface area contributed by atoms with Gasteiger partial charge in [-0.2, -0.15) is 13.2 Å². The molecular formula is C16H19F3N2O3S. The monoisotopic (exact) mass is 376 g/mol. The molecule has 2 fully saturated rings. The maximum Gasteiger partial charge on any atom is 0.392 e. The highest BCUT2D eigenvalue weighted by atomic mass is 32.2. The largest absolute Gasteiger partial charge is 0.392 e. The summed E-state index contributed by atoms with van der Waals surface area (Å²) in [6, 6.07) is 5.38. The lowest BCUT2D eigenvalue weighted by molar-refractivity contribution is -0.159. The number of amides is 1. The normalized spacial score (nSPS) is 27.6. The highest BCUT2D eigenvalue weighted by Crippen LogP contribution is 2.60. The van der Waals surface area contributed by atoms with Crippen molar-refractivity contribution in [3.8, 4) is 0 Å². The molecule has 0 aliphatic heterocycles. The molecule has 3 rings (SSSR count). The molecule has 25 heavy (non-hydrogen) atoms. The van der Waals surface area contributed by atoms with E-state index in [-0.39, 0.29) is 17.0 Å².